The summed E-state index contributed by atoms with van der Waals surface area (Å²) in [5, 5.41) is 0. The highest BCUT2D eigenvalue weighted by Gasteiger charge is 2.17. The minimum absolute atomic E-state index is 0.151. The summed E-state index contributed by atoms with van der Waals surface area (Å²) in [6, 6.07) is 7.16. The van der Waals surface area contributed by atoms with E-state index in [1.54, 1.807) is 12.1 Å². The minimum Gasteiger partial charge on any atom is -0.271 e. The van der Waals surface area contributed by atoms with E-state index >= 15 is 0 Å². The number of benzene rings is 2. The Kier molecular flexibility index (Phi) is 4.80. The van der Waals surface area contributed by atoms with E-state index in [0.717, 1.165) is 12.1 Å². The van der Waals surface area contributed by atoms with Crippen molar-refractivity contribution in [2.75, 3.05) is 0 Å². The van der Waals surface area contributed by atoms with Gasteiger partial charge in [0.25, 0.3) is 0 Å². The van der Waals surface area contributed by atoms with Gasteiger partial charge in [-0.2, -0.15) is 0 Å². The van der Waals surface area contributed by atoms with Crippen molar-refractivity contribution in [2.24, 2.45) is 5.84 Å². The highest BCUT2D eigenvalue weighted by molar-refractivity contribution is 9.10. The van der Waals surface area contributed by atoms with Crippen LogP contribution in [-0.4, -0.2) is 0 Å². The molecule has 0 amide bonds. The molecule has 1 atom stereocenters. The first kappa shape index (κ1) is 15.0. The fraction of sp³-hybridized carbons (Fsp3) is 0.143. The molecule has 2 rings (SSSR count). The Morgan fingerprint density at radius 2 is 1.80 bits per heavy atom. The van der Waals surface area contributed by atoms with Gasteiger partial charge in [0.15, 0.2) is 0 Å². The average Bonchev–Trinajstić information content (AvgIpc) is 2.39. The Bertz CT molecular complexity index is 619. The van der Waals surface area contributed by atoms with Crippen LogP contribution in [0.2, 0.25) is 0 Å². The lowest BCUT2D eigenvalue weighted by atomic mass is 9.98. The zero-order valence-electron chi connectivity index (χ0n) is 10.3. The van der Waals surface area contributed by atoms with Gasteiger partial charge in [-0.25, -0.2) is 13.2 Å². The van der Waals surface area contributed by atoms with Crippen molar-refractivity contribution < 1.29 is 13.2 Å². The molecule has 0 aromatic heterocycles. The second kappa shape index (κ2) is 6.39. The predicted molar refractivity (Wildman–Crippen MR) is 74.2 cm³/mol. The number of nitrogens with one attached hydrogen (secondary N) is 1. The molecule has 0 heterocycles. The fourth-order valence-electron chi connectivity index (χ4n) is 1.95. The molecule has 0 spiro atoms. The number of rotatable bonds is 4. The van der Waals surface area contributed by atoms with Gasteiger partial charge in [0.2, 0.25) is 0 Å². The molecule has 0 radical (unpaired) electrons. The molecule has 2 nitrogen and oxygen atoms in total. The van der Waals surface area contributed by atoms with Crippen molar-refractivity contribution in [3.8, 4) is 0 Å². The minimum atomic E-state index is -0.717. The van der Waals surface area contributed by atoms with Crippen LogP contribution < -0.4 is 11.3 Å². The summed E-state index contributed by atoms with van der Waals surface area (Å²) in [5.74, 6) is 3.60. The van der Waals surface area contributed by atoms with Gasteiger partial charge in [0.05, 0.1) is 6.04 Å². The first-order valence-corrected chi connectivity index (χ1v) is 6.65. The zero-order valence-corrected chi connectivity index (χ0v) is 11.9. The summed E-state index contributed by atoms with van der Waals surface area (Å²) in [4.78, 5) is 0. The lowest BCUT2D eigenvalue weighted by Crippen LogP contribution is -2.30. The Labute approximate surface area is 122 Å². The summed E-state index contributed by atoms with van der Waals surface area (Å²) in [6.45, 7) is 0. The first-order valence-electron chi connectivity index (χ1n) is 5.86. The molecule has 0 aliphatic carbocycles. The molecule has 106 valence electrons. The maximum Gasteiger partial charge on any atom is 0.130 e. The lowest BCUT2D eigenvalue weighted by molar-refractivity contribution is 0.492. The van der Waals surface area contributed by atoms with E-state index in [-0.39, 0.29) is 12.0 Å². The second-order valence-electron chi connectivity index (χ2n) is 4.32. The summed E-state index contributed by atoms with van der Waals surface area (Å²) < 4.78 is 41.0. The molecular weight excluding hydrogens is 333 g/mol. The molecule has 1 unspecified atom stereocenters. The standard InChI is InChI=1S/C14H12BrF3N2/c15-9-2-1-8(12(17)6-9)5-14(20-19)11-4-3-10(16)7-13(11)18/h1-4,6-7,14,20H,5,19H2. The third-order valence-electron chi connectivity index (χ3n) is 2.98. The van der Waals surface area contributed by atoms with E-state index in [9.17, 15) is 13.2 Å². The molecule has 0 aliphatic heterocycles. The van der Waals surface area contributed by atoms with Gasteiger partial charge in [-0.15, -0.1) is 0 Å². The fourth-order valence-corrected chi connectivity index (χ4v) is 2.28. The number of halogens is 4. The van der Waals surface area contributed by atoms with E-state index in [2.05, 4.69) is 21.4 Å². The molecule has 0 saturated heterocycles. The van der Waals surface area contributed by atoms with Gasteiger partial charge in [-0.1, -0.05) is 28.1 Å². The van der Waals surface area contributed by atoms with Gasteiger partial charge in [-0.05, 0) is 30.2 Å². The Hall–Kier alpha value is -1.37. The third-order valence-corrected chi connectivity index (χ3v) is 3.47. The van der Waals surface area contributed by atoms with Gasteiger partial charge >= 0.3 is 0 Å². The van der Waals surface area contributed by atoms with Crippen LogP contribution in [0.4, 0.5) is 13.2 Å². The molecule has 6 heteroatoms. The van der Waals surface area contributed by atoms with Crippen LogP contribution in [0.3, 0.4) is 0 Å². The molecule has 2 aromatic carbocycles. The van der Waals surface area contributed by atoms with Gasteiger partial charge < -0.3 is 0 Å². The first-order chi connectivity index (χ1) is 9.51. The Morgan fingerprint density at radius 1 is 1.05 bits per heavy atom. The zero-order chi connectivity index (χ0) is 14.7. The van der Waals surface area contributed by atoms with Crippen molar-refractivity contribution >= 4 is 15.9 Å². The molecule has 0 aliphatic rings. The quantitative estimate of drug-likeness (QED) is 0.656. The van der Waals surface area contributed by atoms with Gasteiger partial charge in [-0.3, -0.25) is 11.3 Å². The largest absolute Gasteiger partial charge is 0.271 e. The average molecular weight is 345 g/mol. The maximum atomic E-state index is 13.8. The van der Waals surface area contributed by atoms with Crippen molar-refractivity contribution in [1.82, 2.24) is 5.43 Å². The maximum absolute atomic E-state index is 13.8. The third kappa shape index (κ3) is 3.39. The van der Waals surface area contributed by atoms with Crippen LogP contribution in [-0.2, 0) is 6.42 Å². The van der Waals surface area contributed by atoms with Crippen molar-refractivity contribution in [3.63, 3.8) is 0 Å². The van der Waals surface area contributed by atoms with Crippen molar-refractivity contribution in [2.45, 2.75) is 12.5 Å². The smallest absolute Gasteiger partial charge is 0.130 e. The van der Waals surface area contributed by atoms with Crippen molar-refractivity contribution in [3.05, 3.63) is 69.4 Å². The highest BCUT2D eigenvalue weighted by atomic mass is 79.9. The number of hydrogen-bond acceptors (Lipinski definition) is 2. The number of hydrogen-bond donors (Lipinski definition) is 2. The van der Waals surface area contributed by atoms with E-state index in [1.165, 1.54) is 12.1 Å². The molecule has 0 saturated carbocycles. The lowest BCUT2D eigenvalue weighted by Gasteiger charge is -2.17. The van der Waals surface area contributed by atoms with E-state index < -0.39 is 23.5 Å². The second-order valence-corrected chi connectivity index (χ2v) is 5.24. The van der Waals surface area contributed by atoms with Crippen LogP contribution in [0.1, 0.15) is 17.2 Å². The Balaban J connectivity index is 2.28. The van der Waals surface area contributed by atoms with E-state index in [4.69, 9.17) is 5.84 Å². The molecule has 20 heavy (non-hydrogen) atoms. The predicted octanol–water partition coefficient (Wildman–Crippen LogP) is 3.61. The van der Waals surface area contributed by atoms with E-state index in [0.29, 0.717) is 10.0 Å². The van der Waals surface area contributed by atoms with Crippen LogP contribution in [0.15, 0.2) is 40.9 Å². The summed E-state index contributed by atoms with van der Waals surface area (Å²) in [7, 11) is 0. The molecule has 0 fully saturated rings. The SMILES string of the molecule is NNC(Cc1ccc(Br)cc1F)c1ccc(F)cc1F. The molecule has 3 N–H and O–H groups in total. The molecule has 0 bridgehead atoms. The van der Waals surface area contributed by atoms with Crippen LogP contribution in [0.25, 0.3) is 0 Å². The number of hydrazine groups is 1. The Morgan fingerprint density at radius 3 is 2.40 bits per heavy atom. The number of nitrogens with two attached hydrogens (primary N) is 1. The van der Waals surface area contributed by atoms with Gasteiger partial charge in [0.1, 0.15) is 17.5 Å². The highest BCUT2D eigenvalue weighted by Crippen LogP contribution is 2.24. The summed E-state index contributed by atoms with van der Waals surface area (Å²) in [5.41, 5.74) is 3.01. The van der Waals surface area contributed by atoms with Gasteiger partial charge in [0, 0.05) is 16.1 Å². The van der Waals surface area contributed by atoms with Crippen LogP contribution >= 0.6 is 15.9 Å². The van der Waals surface area contributed by atoms with Crippen molar-refractivity contribution in [1.29, 1.82) is 0 Å². The normalized spacial score (nSPS) is 12.4. The molecular formula is C14H12BrF3N2. The monoisotopic (exact) mass is 344 g/mol. The van der Waals surface area contributed by atoms with Crippen LogP contribution in [0.5, 0.6) is 0 Å². The summed E-state index contributed by atoms with van der Waals surface area (Å²) in [6.07, 6.45) is 0.151. The molecule has 2 aromatic rings. The topological polar surface area (TPSA) is 38.0 Å². The van der Waals surface area contributed by atoms with Crippen LogP contribution in [0, 0.1) is 17.5 Å². The van der Waals surface area contributed by atoms with E-state index in [1.807, 2.05) is 0 Å². The summed E-state index contributed by atoms with van der Waals surface area (Å²) >= 11 is 3.16.